The molecule has 1 aromatic carbocycles. The number of nitrogens with zero attached hydrogens (tertiary/aromatic N) is 1. The summed E-state index contributed by atoms with van der Waals surface area (Å²) in [7, 11) is 1.64. The molecule has 0 unspecified atom stereocenters. The highest BCUT2D eigenvalue weighted by atomic mass is 16.5. The van der Waals surface area contributed by atoms with Crippen LogP contribution in [0.2, 0.25) is 0 Å². The molecule has 0 aliphatic heterocycles. The second kappa shape index (κ2) is 3.95. The van der Waals surface area contributed by atoms with E-state index in [1.165, 1.54) is 0 Å². The lowest BCUT2D eigenvalue weighted by Crippen LogP contribution is -1.96. The first-order chi connectivity index (χ1) is 6.20. The molecule has 2 nitrogen and oxygen atoms in total. The zero-order valence-electron chi connectivity index (χ0n) is 8.22. The zero-order valence-corrected chi connectivity index (χ0v) is 8.22. The molecule has 68 valence electrons. The minimum Gasteiger partial charge on any atom is -0.496 e. The summed E-state index contributed by atoms with van der Waals surface area (Å²) < 4.78 is 5.26. The van der Waals surface area contributed by atoms with Gasteiger partial charge in [0.2, 0.25) is 0 Å². The fourth-order valence-corrected chi connectivity index (χ4v) is 1.43. The molecular formula is C11H13NO. The number of aryl methyl sites for hydroxylation is 2. The summed E-state index contributed by atoms with van der Waals surface area (Å²) in [6, 6.07) is 6.17. The number of rotatable bonds is 2. The molecule has 0 saturated heterocycles. The average Bonchev–Trinajstić information content (AvgIpc) is 2.12. The van der Waals surface area contributed by atoms with E-state index in [4.69, 9.17) is 10.00 Å². The topological polar surface area (TPSA) is 33.0 Å². The van der Waals surface area contributed by atoms with E-state index in [1.807, 2.05) is 26.0 Å². The highest BCUT2D eigenvalue weighted by Crippen LogP contribution is 2.26. The molecule has 0 radical (unpaired) electrons. The van der Waals surface area contributed by atoms with Crippen LogP contribution in [-0.4, -0.2) is 7.11 Å². The minimum atomic E-state index is 0.413. The second-order valence-corrected chi connectivity index (χ2v) is 3.05. The third-order valence-corrected chi connectivity index (χ3v) is 2.15. The molecule has 2 heteroatoms. The number of ether oxygens (including phenoxy) is 1. The van der Waals surface area contributed by atoms with Crippen LogP contribution < -0.4 is 4.74 Å². The Morgan fingerprint density at radius 1 is 1.31 bits per heavy atom. The minimum absolute atomic E-state index is 0.413. The van der Waals surface area contributed by atoms with E-state index in [1.54, 1.807) is 7.11 Å². The van der Waals surface area contributed by atoms with Crippen LogP contribution in [0.15, 0.2) is 12.1 Å². The average molecular weight is 175 g/mol. The summed E-state index contributed by atoms with van der Waals surface area (Å²) >= 11 is 0. The summed E-state index contributed by atoms with van der Waals surface area (Å²) in [5.41, 5.74) is 3.20. The number of hydrogen-bond donors (Lipinski definition) is 0. The van der Waals surface area contributed by atoms with Gasteiger partial charge in [0.25, 0.3) is 0 Å². The van der Waals surface area contributed by atoms with Crippen molar-refractivity contribution in [2.75, 3.05) is 7.11 Å². The molecule has 13 heavy (non-hydrogen) atoms. The maximum Gasteiger partial charge on any atom is 0.126 e. The van der Waals surface area contributed by atoms with Gasteiger partial charge in [-0.05, 0) is 25.0 Å². The summed E-state index contributed by atoms with van der Waals surface area (Å²) in [5.74, 6) is 0.849. The summed E-state index contributed by atoms with van der Waals surface area (Å²) in [6.45, 7) is 3.98. The highest BCUT2D eigenvalue weighted by Gasteiger charge is 2.08. The van der Waals surface area contributed by atoms with E-state index in [-0.39, 0.29) is 0 Å². The predicted molar refractivity (Wildman–Crippen MR) is 51.8 cm³/mol. The maximum atomic E-state index is 8.65. The maximum absolute atomic E-state index is 8.65. The van der Waals surface area contributed by atoms with Gasteiger partial charge in [0, 0.05) is 5.56 Å². The predicted octanol–water partition coefficient (Wildman–Crippen LogP) is 2.38. The van der Waals surface area contributed by atoms with Crippen molar-refractivity contribution in [3.63, 3.8) is 0 Å². The molecule has 0 spiro atoms. The molecule has 0 atom stereocenters. The number of hydrogen-bond acceptors (Lipinski definition) is 2. The van der Waals surface area contributed by atoms with E-state index >= 15 is 0 Å². The van der Waals surface area contributed by atoms with Crippen LogP contribution in [0.25, 0.3) is 0 Å². The van der Waals surface area contributed by atoms with Gasteiger partial charge >= 0.3 is 0 Å². The normalized spacial score (nSPS) is 9.38. The fraction of sp³-hybridized carbons (Fsp3) is 0.364. The molecule has 1 aromatic rings. The Morgan fingerprint density at radius 2 is 1.92 bits per heavy atom. The quantitative estimate of drug-likeness (QED) is 0.691. The number of nitriles is 1. The van der Waals surface area contributed by atoms with Gasteiger partial charge < -0.3 is 4.74 Å². The molecule has 0 fully saturated rings. The largest absolute Gasteiger partial charge is 0.496 e. The third-order valence-electron chi connectivity index (χ3n) is 2.15. The molecule has 0 aliphatic carbocycles. The van der Waals surface area contributed by atoms with Crippen molar-refractivity contribution in [1.29, 1.82) is 5.26 Å². The van der Waals surface area contributed by atoms with Crippen LogP contribution in [0, 0.1) is 25.2 Å². The van der Waals surface area contributed by atoms with Crippen molar-refractivity contribution in [2.45, 2.75) is 20.3 Å². The fourth-order valence-electron chi connectivity index (χ4n) is 1.43. The van der Waals surface area contributed by atoms with Crippen molar-refractivity contribution in [3.8, 4) is 11.8 Å². The lowest BCUT2D eigenvalue weighted by atomic mass is 10.0. The standard InChI is InChI=1S/C11H13NO/c1-8-4-5-9(2)11(13-3)10(8)6-7-12/h4-5H,6H2,1-3H3. The number of methoxy groups -OCH3 is 1. The van der Waals surface area contributed by atoms with Crippen LogP contribution in [0.1, 0.15) is 16.7 Å². The Hall–Kier alpha value is -1.49. The van der Waals surface area contributed by atoms with Crippen molar-refractivity contribution >= 4 is 0 Å². The smallest absolute Gasteiger partial charge is 0.126 e. The molecule has 0 aromatic heterocycles. The molecule has 0 N–H and O–H groups in total. The first kappa shape index (κ1) is 9.60. The Morgan fingerprint density at radius 3 is 2.46 bits per heavy atom. The molecule has 0 amide bonds. The van der Waals surface area contributed by atoms with Gasteiger partial charge in [-0.1, -0.05) is 12.1 Å². The zero-order chi connectivity index (χ0) is 9.84. The molecule has 1 rings (SSSR count). The van der Waals surface area contributed by atoms with Gasteiger partial charge in [0.15, 0.2) is 0 Å². The first-order valence-electron chi connectivity index (χ1n) is 4.20. The molecule has 0 aliphatic rings. The summed E-state index contributed by atoms with van der Waals surface area (Å²) in [5, 5.41) is 8.65. The molecular weight excluding hydrogens is 162 g/mol. The van der Waals surface area contributed by atoms with Crippen LogP contribution in [0.5, 0.6) is 5.75 Å². The Bertz CT molecular complexity index is 350. The lowest BCUT2D eigenvalue weighted by molar-refractivity contribution is 0.407. The SMILES string of the molecule is COc1c(C)ccc(C)c1CC#N. The van der Waals surface area contributed by atoms with E-state index in [2.05, 4.69) is 6.07 Å². The van der Waals surface area contributed by atoms with Gasteiger partial charge in [-0.2, -0.15) is 5.26 Å². The van der Waals surface area contributed by atoms with Crippen molar-refractivity contribution in [3.05, 3.63) is 28.8 Å². The van der Waals surface area contributed by atoms with Crippen LogP contribution in [0.3, 0.4) is 0 Å². The Balaban J connectivity index is 3.27. The van der Waals surface area contributed by atoms with Crippen molar-refractivity contribution in [2.24, 2.45) is 0 Å². The Kier molecular flexibility index (Phi) is 2.92. The molecule has 0 bridgehead atoms. The van der Waals surface area contributed by atoms with Crippen LogP contribution in [-0.2, 0) is 6.42 Å². The molecule has 0 saturated carbocycles. The Labute approximate surface area is 78.8 Å². The van der Waals surface area contributed by atoms with Gasteiger partial charge in [-0.15, -0.1) is 0 Å². The summed E-state index contributed by atoms with van der Waals surface area (Å²) in [6.07, 6.45) is 0.413. The number of benzene rings is 1. The van der Waals surface area contributed by atoms with Crippen LogP contribution >= 0.6 is 0 Å². The van der Waals surface area contributed by atoms with E-state index in [0.717, 1.165) is 22.4 Å². The first-order valence-corrected chi connectivity index (χ1v) is 4.20. The highest BCUT2D eigenvalue weighted by molar-refractivity contribution is 5.46. The van der Waals surface area contributed by atoms with Crippen LogP contribution in [0.4, 0.5) is 0 Å². The van der Waals surface area contributed by atoms with E-state index in [0.29, 0.717) is 6.42 Å². The lowest BCUT2D eigenvalue weighted by Gasteiger charge is -2.11. The van der Waals surface area contributed by atoms with Crippen molar-refractivity contribution < 1.29 is 4.74 Å². The second-order valence-electron chi connectivity index (χ2n) is 3.05. The molecule has 0 heterocycles. The monoisotopic (exact) mass is 175 g/mol. The van der Waals surface area contributed by atoms with Gasteiger partial charge in [-0.3, -0.25) is 0 Å². The summed E-state index contributed by atoms with van der Waals surface area (Å²) in [4.78, 5) is 0. The third kappa shape index (κ3) is 1.81. The van der Waals surface area contributed by atoms with Gasteiger partial charge in [-0.25, -0.2) is 0 Å². The van der Waals surface area contributed by atoms with E-state index in [9.17, 15) is 0 Å². The van der Waals surface area contributed by atoms with E-state index < -0.39 is 0 Å². The van der Waals surface area contributed by atoms with Gasteiger partial charge in [0.1, 0.15) is 5.75 Å². The van der Waals surface area contributed by atoms with Crippen molar-refractivity contribution in [1.82, 2.24) is 0 Å². The van der Waals surface area contributed by atoms with Gasteiger partial charge in [0.05, 0.1) is 19.6 Å².